The third-order valence-electron chi connectivity index (χ3n) is 2.48. The number of carbonyl (C=O) groups excluding carboxylic acids is 2. The van der Waals surface area contributed by atoms with Crippen LogP contribution < -0.4 is 5.32 Å². The maximum Gasteiger partial charge on any atom is 0.339 e. The first-order chi connectivity index (χ1) is 9.04. The van der Waals surface area contributed by atoms with E-state index in [1.807, 2.05) is 18.2 Å². The van der Waals surface area contributed by atoms with Crippen molar-refractivity contribution in [2.75, 3.05) is 13.7 Å². The van der Waals surface area contributed by atoms with Gasteiger partial charge in [0.15, 0.2) is 6.10 Å². The van der Waals surface area contributed by atoms with Gasteiger partial charge in [0.1, 0.15) is 6.61 Å². The van der Waals surface area contributed by atoms with Crippen molar-refractivity contribution in [1.29, 1.82) is 0 Å². The molecule has 0 aromatic heterocycles. The van der Waals surface area contributed by atoms with Gasteiger partial charge < -0.3 is 14.8 Å². The molecule has 1 rings (SSSR count). The molecular weight excluding hydrogens is 246 g/mol. The molecule has 1 aromatic carbocycles. The molecular formula is C14H19NO4. The van der Waals surface area contributed by atoms with Gasteiger partial charge in [-0.2, -0.15) is 0 Å². The fraction of sp³-hybridized carbons (Fsp3) is 0.429. The SMILES string of the molecule is CO[C@H](C(=O)OC[C@H](C)NC(C)=O)c1ccccc1. The van der Waals surface area contributed by atoms with E-state index in [1.54, 1.807) is 19.1 Å². The van der Waals surface area contributed by atoms with E-state index < -0.39 is 12.1 Å². The summed E-state index contributed by atoms with van der Waals surface area (Å²) in [6, 6.07) is 8.89. The lowest BCUT2D eigenvalue weighted by molar-refractivity contribution is -0.156. The van der Waals surface area contributed by atoms with Crippen LogP contribution in [0.15, 0.2) is 30.3 Å². The van der Waals surface area contributed by atoms with E-state index >= 15 is 0 Å². The van der Waals surface area contributed by atoms with Gasteiger partial charge in [-0.25, -0.2) is 4.79 Å². The number of hydrogen-bond donors (Lipinski definition) is 1. The molecule has 19 heavy (non-hydrogen) atoms. The molecule has 1 N–H and O–H groups in total. The van der Waals surface area contributed by atoms with Crippen LogP contribution in [0.2, 0.25) is 0 Å². The molecule has 5 nitrogen and oxygen atoms in total. The van der Waals surface area contributed by atoms with Crippen LogP contribution in [0, 0.1) is 0 Å². The number of rotatable bonds is 6. The molecule has 0 saturated carbocycles. The van der Waals surface area contributed by atoms with Crippen LogP contribution in [0.4, 0.5) is 0 Å². The van der Waals surface area contributed by atoms with Crippen molar-refractivity contribution in [3.63, 3.8) is 0 Å². The maximum absolute atomic E-state index is 11.9. The normalized spacial score (nSPS) is 13.4. The largest absolute Gasteiger partial charge is 0.461 e. The van der Waals surface area contributed by atoms with Gasteiger partial charge in [0, 0.05) is 14.0 Å². The summed E-state index contributed by atoms with van der Waals surface area (Å²) in [5.74, 6) is -0.624. The van der Waals surface area contributed by atoms with E-state index in [1.165, 1.54) is 14.0 Å². The molecule has 5 heteroatoms. The standard InChI is InChI=1S/C14H19NO4/c1-10(15-11(2)16)9-19-14(17)13(18-3)12-7-5-4-6-8-12/h4-8,10,13H,9H2,1-3H3,(H,15,16)/t10-,13-/m0/s1. The van der Waals surface area contributed by atoms with Crippen molar-refractivity contribution >= 4 is 11.9 Å². The van der Waals surface area contributed by atoms with Crippen LogP contribution in [0.3, 0.4) is 0 Å². The summed E-state index contributed by atoms with van der Waals surface area (Å²) in [6.45, 7) is 3.30. The van der Waals surface area contributed by atoms with Crippen molar-refractivity contribution in [3.8, 4) is 0 Å². The zero-order valence-electron chi connectivity index (χ0n) is 11.4. The highest BCUT2D eigenvalue weighted by Gasteiger charge is 2.22. The summed E-state index contributed by atoms with van der Waals surface area (Å²) in [6.07, 6.45) is -0.745. The van der Waals surface area contributed by atoms with Crippen LogP contribution in [-0.2, 0) is 19.1 Å². The van der Waals surface area contributed by atoms with Gasteiger partial charge in [-0.1, -0.05) is 30.3 Å². The van der Waals surface area contributed by atoms with Crippen LogP contribution >= 0.6 is 0 Å². The summed E-state index contributed by atoms with van der Waals surface area (Å²) in [4.78, 5) is 22.7. The Morgan fingerprint density at radius 1 is 1.26 bits per heavy atom. The van der Waals surface area contributed by atoms with Crippen molar-refractivity contribution < 1.29 is 19.1 Å². The highest BCUT2D eigenvalue weighted by molar-refractivity contribution is 5.76. The van der Waals surface area contributed by atoms with E-state index in [2.05, 4.69) is 5.32 Å². The van der Waals surface area contributed by atoms with E-state index in [0.717, 1.165) is 5.56 Å². The number of methoxy groups -OCH3 is 1. The Hall–Kier alpha value is -1.88. The minimum Gasteiger partial charge on any atom is -0.461 e. The lowest BCUT2D eigenvalue weighted by atomic mass is 10.1. The van der Waals surface area contributed by atoms with Crippen LogP contribution in [-0.4, -0.2) is 31.6 Å². The smallest absolute Gasteiger partial charge is 0.339 e. The summed E-state index contributed by atoms with van der Waals surface area (Å²) in [7, 11) is 1.45. The molecule has 0 saturated heterocycles. The molecule has 104 valence electrons. The zero-order valence-corrected chi connectivity index (χ0v) is 11.4. The van der Waals surface area contributed by atoms with Gasteiger partial charge in [-0.15, -0.1) is 0 Å². The summed E-state index contributed by atoms with van der Waals surface area (Å²) in [5.41, 5.74) is 0.738. The number of amides is 1. The lowest BCUT2D eigenvalue weighted by Crippen LogP contribution is -2.35. The molecule has 2 atom stereocenters. The second-order valence-corrected chi connectivity index (χ2v) is 4.26. The number of nitrogens with one attached hydrogen (secondary N) is 1. The molecule has 0 aliphatic carbocycles. The van der Waals surface area contributed by atoms with Gasteiger partial charge >= 0.3 is 5.97 Å². The molecule has 0 aliphatic heterocycles. The Balaban J connectivity index is 2.54. The van der Waals surface area contributed by atoms with Gasteiger partial charge in [0.2, 0.25) is 5.91 Å². The number of carbonyl (C=O) groups is 2. The Kier molecular flexibility index (Phi) is 6.02. The Morgan fingerprint density at radius 2 is 1.89 bits per heavy atom. The predicted octanol–water partition coefficient (Wildman–Crippen LogP) is 1.44. The molecule has 0 aliphatic rings. The number of hydrogen-bond acceptors (Lipinski definition) is 4. The van der Waals surface area contributed by atoms with Gasteiger partial charge in [-0.3, -0.25) is 4.79 Å². The average Bonchev–Trinajstić information content (AvgIpc) is 2.38. The van der Waals surface area contributed by atoms with Crippen molar-refractivity contribution in [2.45, 2.75) is 26.0 Å². The minimum absolute atomic E-state index is 0.116. The van der Waals surface area contributed by atoms with Crippen LogP contribution in [0.25, 0.3) is 0 Å². The Bertz CT molecular complexity index is 419. The summed E-state index contributed by atoms with van der Waals surface area (Å²) in [5, 5.41) is 2.64. The molecule has 0 spiro atoms. The summed E-state index contributed by atoms with van der Waals surface area (Å²) >= 11 is 0. The number of benzene rings is 1. The molecule has 1 amide bonds. The molecule has 0 unspecified atom stereocenters. The van der Waals surface area contributed by atoms with Crippen LogP contribution in [0.5, 0.6) is 0 Å². The highest BCUT2D eigenvalue weighted by Crippen LogP contribution is 2.17. The van der Waals surface area contributed by atoms with Gasteiger partial charge in [-0.05, 0) is 12.5 Å². The second-order valence-electron chi connectivity index (χ2n) is 4.26. The molecule has 0 fully saturated rings. The van der Waals surface area contributed by atoms with Gasteiger partial charge in [0.05, 0.1) is 6.04 Å². The first-order valence-electron chi connectivity index (χ1n) is 6.06. The van der Waals surface area contributed by atoms with Crippen LogP contribution in [0.1, 0.15) is 25.5 Å². The minimum atomic E-state index is -0.745. The predicted molar refractivity (Wildman–Crippen MR) is 70.4 cm³/mol. The molecule has 0 radical (unpaired) electrons. The lowest BCUT2D eigenvalue weighted by Gasteiger charge is -2.17. The Labute approximate surface area is 112 Å². The molecule has 1 aromatic rings. The zero-order chi connectivity index (χ0) is 14.3. The van der Waals surface area contributed by atoms with Gasteiger partial charge in [0.25, 0.3) is 0 Å². The third kappa shape index (κ3) is 5.09. The fourth-order valence-corrected chi connectivity index (χ4v) is 1.67. The van der Waals surface area contributed by atoms with Crippen molar-refractivity contribution in [3.05, 3.63) is 35.9 Å². The van der Waals surface area contributed by atoms with E-state index in [0.29, 0.717) is 0 Å². The molecule has 0 heterocycles. The maximum atomic E-state index is 11.9. The second kappa shape index (κ2) is 7.53. The van der Waals surface area contributed by atoms with E-state index in [-0.39, 0.29) is 18.6 Å². The van der Waals surface area contributed by atoms with Crippen molar-refractivity contribution in [2.24, 2.45) is 0 Å². The first kappa shape index (κ1) is 15.2. The fourth-order valence-electron chi connectivity index (χ4n) is 1.67. The van der Waals surface area contributed by atoms with Crippen molar-refractivity contribution in [1.82, 2.24) is 5.32 Å². The van der Waals surface area contributed by atoms with E-state index in [9.17, 15) is 9.59 Å². The third-order valence-corrected chi connectivity index (χ3v) is 2.48. The molecule has 0 bridgehead atoms. The average molecular weight is 265 g/mol. The summed E-state index contributed by atoms with van der Waals surface area (Å²) < 4.78 is 10.3. The number of esters is 1. The van der Waals surface area contributed by atoms with E-state index in [4.69, 9.17) is 9.47 Å². The number of ether oxygens (including phenoxy) is 2. The highest BCUT2D eigenvalue weighted by atomic mass is 16.6. The first-order valence-corrected chi connectivity index (χ1v) is 6.06. The quantitative estimate of drug-likeness (QED) is 0.790. The Morgan fingerprint density at radius 3 is 2.42 bits per heavy atom. The monoisotopic (exact) mass is 265 g/mol. The topological polar surface area (TPSA) is 64.6 Å².